The first-order valence-electron chi connectivity index (χ1n) is 10.3. The van der Waals surface area contributed by atoms with Crippen LogP contribution in [0.25, 0.3) is 0 Å². The minimum atomic E-state index is -0.618. The summed E-state index contributed by atoms with van der Waals surface area (Å²) in [4.78, 5) is 45.0. The molecule has 1 aromatic heterocycles. The van der Waals surface area contributed by atoms with Crippen molar-refractivity contribution in [3.05, 3.63) is 72.1 Å². The van der Waals surface area contributed by atoms with Crippen LogP contribution in [0.3, 0.4) is 0 Å². The van der Waals surface area contributed by atoms with Gasteiger partial charge in [-0.05, 0) is 48.4 Å². The second kappa shape index (κ2) is 7.20. The average molecular weight is 401 g/mol. The molecule has 6 nitrogen and oxygen atoms in total. The first-order chi connectivity index (χ1) is 14.5. The summed E-state index contributed by atoms with van der Waals surface area (Å²) in [5.41, 5.74) is 2.38. The van der Waals surface area contributed by atoms with Crippen LogP contribution in [-0.2, 0) is 14.4 Å². The van der Waals surface area contributed by atoms with Crippen LogP contribution < -0.4 is 5.32 Å². The number of pyridine rings is 1. The SMILES string of the molecule is Cc1ccccc1C(CC(=O)Nc1cccnc1)N1C(=O)C2C3C=CC(C3)C2C1=O. The van der Waals surface area contributed by atoms with Gasteiger partial charge in [-0.15, -0.1) is 0 Å². The van der Waals surface area contributed by atoms with Gasteiger partial charge in [-0.2, -0.15) is 0 Å². The maximum Gasteiger partial charge on any atom is 0.234 e. The summed E-state index contributed by atoms with van der Waals surface area (Å²) in [7, 11) is 0. The average Bonchev–Trinajstić information content (AvgIpc) is 3.42. The molecule has 2 heterocycles. The lowest BCUT2D eigenvalue weighted by molar-refractivity contribution is -0.144. The number of likely N-dealkylation sites (tertiary alicyclic amines) is 1. The molecule has 5 atom stereocenters. The molecular weight excluding hydrogens is 378 g/mol. The lowest BCUT2D eigenvalue weighted by Crippen LogP contribution is -2.38. The standard InChI is InChI=1S/C24H23N3O3/c1-14-5-2-3-7-18(14)19(12-20(28)26-17-6-4-10-25-13-17)27-23(29)21-15-8-9-16(11-15)22(21)24(27)30/h2-10,13,15-16,19,21-22H,11-12H2,1H3,(H,26,28). The first kappa shape index (κ1) is 18.7. The molecule has 5 unspecified atom stereocenters. The summed E-state index contributed by atoms with van der Waals surface area (Å²) in [6.07, 6.45) is 8.27. The molecule has 1 saturated heterocycles. The summed E-state index contributed by atoms with van der Waals surface area (Å²) in [5, 5.41) is 2.83. The third-order valence-electron chi connectivity index (χ3n) is 6.69. The number of nitrogens with one attached hydrogen (secondary N) is 1. The number of amides is 3. The summed E-state index contributed by atoms with van der Waals surface area (Å²) in [5.74, 6) is -0.796. The van der Waals surface area contributed by atoms with E-state index in [9.17, 15) is 14.4 Å². The van der Waals surface area contributed by atoms with Crippen molar-refractivity contribution in [2.75, 3.05) is 5.32 Å². The van der Waals surface area contributed by atoms with Crippen LogP contribution in [0.4, 0.5) is 5.69 Å². The molecule has 30 heavy (non-hydrogen) atoms. The van der Waals surface area contributed by atoms with Crippen molar-refractivity contribution in [2.24, 2.45) is 23.7 Å². The Labute approximate surface area is 175 Å². The third-order valence-corrected chi connectivity index (χ3v) is 6.69. The fourth-order valence-electron chi connectivity index (χ4n) is 5.36. The smallest absolute Gasteiger partial charge is 0.234 e. The van der Waals surface area contributed by atoms with E-state index in [2.05, 4.69) is 22.5 Å². The van der Waals surface area contributed by atoms with E-state index >= 15 is 0 Å². The molecule has 1 aromatic carbocycles. The number of aryl methyl sites for hydroxylation is 1. The van der Waals surface area contributed by atoms with Crippen molar-refractivity contribution in [3.8, 4) is 0 Å². The summed E-state index contributed by atoms with van der Waals surface area (Å²) in [6, 6.07) is 10.5. The van der Waals surface area contributed by atoms with Crippen LogP contribution in [0.5, 0.6) is 0 Å². The number of allylic oxidation sites excluding steroid dienone is 2. The number of anilines is 1. The molecule has 5 rings (SSSR count). The minimum Gasteiger partial charge on any atom is -0.325 e. The molecule has 1 saturated carbocycles. The highest BCUT2D eigenvalue weighted by Crippen LogP contribution is 2.54. The third kappa shape index (κ3) is 2.95. The van der Waals surface area contributed by atoms with Crippen LogP contribution in [0.15, 0.2) is 60.9 Å². The molecule has 6 heteroatoms. The number of carbonyl (C=O) groups is 3. The van der Waals surface area contributed by atoms with Gasteiger partial charge in [-0.25, -0.2) is 0 Å². The Hall–Kier alpha value is -3.28. The van der Waals surface area contributed by atoms with Crippen LogP contribution >= 0.6 is 0 Å². The minimum absolute atomic E-state index is 0.0133. The van der Waals surface area contributed by atoms with Gasteiger partial charge in [0.05, 0.1) is 36.2 Å². The van der Waals surface area contributed by atoms with E-state index in [1.165, 1.54) is 4.90 Å². The maximum absolute atomic E-state index is 13.4. The number of nitrogens with zero attached hydrogens (tertiary/aromatic N) is 2. The van der Waals surface area contributed by atoms with E-state index in [1.54, 1.807) is 24.5 Å². The Balaban J connectivity index is 1.46. The quantitative estimate of drug-likeness (QED) is 0.616. The zero-order chi connectivity index (χ0) is 20.8. The molecule has 3 aliphatic rings. The molecule has 2 aliphatic carbocycles. The highest BCUT2D eigenvalue weighted by Gasteiger charge is 2.60. The fraction of sp³-hybridized carbons (Fsp3) is 0.333. The fourth-order valence-corrected chi connectivity index (χ4v) is 5.36. The van der Waals surface area contributed by atoms with E-state index in [4.69, 9.17) is 0 Å². The molecule has 2 bridgehead atoms. The van der Waals surface area contributed by atoms with Crippen LogP contribution in [0, 0.1) is 30.6 Å². The zero-order valence-corrected chi connectivity index (χ0v) is 16.7. The van der Waals surface area contributed by atoms with E-state index < -0.39 is 6.04 Å². The molecular formula is C24H23N3O3. The Morgan fingerprint density at radius 2 is 1.80 bits per heavy atom. The molecule has 3 amide bonds. The van der Waals surface area contributed by atoms with Crippen molar-refractivity contribution < 1.29 is 14.4 Å². The van der Waals surface area contributed by atoms with Gasteiger partial charge in [-0.1, -0.05) is 36.4 Å². The van der Waals surface area contributed by atoms with Gasteiger partial charge in [-0.3, -0.25) is 24.3 Å². The van der Waals surface area contributed by atoms with E-state index in [0.29, 0.717) is 5.69 Å². The molecule has 0 spiro atoms. The summed E-state index contributed by atoms with van der Waals surface area (Å²) in [6.45, 7) is 1.94. The molecule has 0 radical (unpaired) electrons. The maximum atomic E-state index is 13.4. The normalized spacial score (nSPS) is 27.4. The number of rotatable bonds is 5. The van der Waals surface area contributed by atoms with Crippen LogP contribution in [-0.4, -0.2) is 27.6 Å². The molecule has 1 N–H and O–H groups in total. The lowest BCUT2D eigenvalue weighted by atomic mass is 9.85. The van der Waals surface area contributed by atoms with Gasteiger partial charge in [0.1, 0.15) is 0 Å². The van der Waals surface area contributed by atoms with Crippen molar-refractivity contribution in [1.82, 2.24) is 9.88 Å². The van der Waals surface area contributed by atoms with Gasteiger partial charge in [0, 0.05) is 6.20 Å². The Kier molecular flexibility index (Phi) is 4.50. The first-order valence-corrected chi connectivity index (χ1v) is 10.3. The van der Waals surface area contributed by atoms with Crippen molar-refractivity contribution >= 4 is 23.4 Å². The molecule has 1 aliphatic heterocycles. The Morgan fingerprint density at radius 1 is 1.10 bits per heavy atom. The largest absolute Gasteiger partial charge is 0.325 e. The Bertz CT molecular complexity index is 1020. The van der Waals surface area contributed by atoms with Gasteiger partial charge < -0.3 is 5.32 Å². The monoisotopic (exact) mass is 401 g/mol. The van der Waals surface area contributed by atoms with Gasteiger partial charge in [0.15, 0.2) is 0 Å². The summed E-state index contributed by atoms with van der Waals surface area (Å²) < 4.78 is 0. The van der Waals surface area contributed by atoms with Gasteiger partial charge in [0.25, 0.3) is 0 Å². The van der Waals surface area contributed by atoms with E-state index in [0.717, 1.165) is 17.5 Å². The van der Waals surface area contributed by atoms with Crippen molar-refractivity contribution in [3.63, 3.8) is 0 Å². The molecule has 2 fully saturated rings. The van der Waals surface area contributed by atoms with Gasteiger partial charge in [0.2, 0.25) is 17.7 Å². The van der Waals surface area contributed by atoms with Crippen molar-refractivity contribution in [1.29, 1.82) is 0 Å². The molecule has 152 valence electrons. The van der Waals surface area contributed by atoms with Crippen LogP contribution in [0.1, 0.15) is 30.0 Å². The lowest BCUT2D eigenvalue weighted by Gasteiger charge is -2.29. The predicted octanol–water partition coefficient (Wildman–Crippen LogP) is 3.27. The highest BCUT2D eigenvalue weighted by atomic mass is 16.2. The highest BCUT2D eigenvalue weighted by molar-refractivity contribution is 6.07. The number of hydrogen-bond donors (Lipinski definition) is 1. The van der Waals surface area contributed by atoms with Gasteiger partial charge >= 0.3 is 0 Å². The topological polar surface area (TPSA) is 79.4 Å². The zero-order valence-electron chi connectivity index (χ0n) is 16.7. The number of fused-ring (bicyclic) bond motifs is 5. The summed E-state index contributed by atoms with van der Waals surface area (Å²) >= 11 is 0. The number of benzene rings is 1. The second-order valence-corrected chi connectivity index (χ2v) is 8.41. The Morgan fingerprint density at radius 3 is 2.43 bits per heavy atom. The number of aromatic nitrogens is 1. The van der Waals surface area contributed by atoms with Crippen molar-refractivity contribution in [2.45, 2.75) is 25.8 Å². The van der Waals surface area contributed by atoms with Crippen LogP contribution in [0.2, 0.25) is 0 Å². The second-order valence-electron chi connectivity index (χ2n) is 8.41. The van der Waals surface area contributed by atoms with E-state index in [-0.39, 0.29) is 47.8 Å². The van der Waals surface area contributed by atoms with E-state index in [1.807, 2.05) is 31.2 Å². The number of imide groups is 1. The molecule has 2 aromatic rings. The number of hydrogen-bond acceptors (Lipinski definition) is 4. The number of carbonyl (C=O) groups excluding carboxylic acids is 3. The predicted molar refractivity (Wildman–Crippen MR) is 111 cm³/mol.